The zero-order valence-electron chi connectivity index (χ0n) is 13.7. The first kappa shape index (κ1) is 15.1. The molecule has 0 aliphatic carbocycles. The molecule has 0 radical (unpaired) electrons. The van der Waals surface area contributed by atoms with Crippen LogP contribution in [-0.2, 0) is 5.41 Å². The van der Waals surface area contributed by atoms with E-state index in [9.17, 15) is 4.79 Å². The predicted octanol–water partition coefficient (Wildman–Crippen LogP) is 3.45. The minimum absolute atomic E-state index is 0.0666. The number of amides is 1. The number of hydrogen-bond donors (Lipinski definition) is 3. The van der Waals surface area contributed by atoms with E-state index in [0.29, 0.717) is 17.3 Å². The fraction of sp³-hybridized carbons (Fsp3) is 0.294. The van der Waals surface area contributed by atoms with Crippen molar-refractivity contribution in [3.8, 4) is 5.75 Å². The summed E-state index contributed by atoms with van der Waals surface area (Å²) in [7, 11) is 1.53. The molecule has 0 unspecified atom stereocenters. The highest BCUT2D eigenvalue weighted by molar-refractivity contribution is 6.06. The summed E-state index contributed by atoms with van der Waals surface area (Å²) in [6.45, 7) is 6.50. The van der Waals surface area contributed by atoms with Crippen molar-refractivity contribution in [2.45, 2.75) is 26.2 Å². The summed E-state index contributed by atoms with van der Waals surface area (Å²) in [5, 5.41) is 10.3. The van der Waals surface area contributed by atoms with Crippen molar-refractivity contribution in [3.05, 3.63) is 41.7 Å². The number of hydrogen-bond acceptors (Lipinski definition) is 3. The Morgan fingerprint density at radius 2 is 2.04 bits per heavy atom. The van der Waals surface area contributed by atoms with Gasteiger partial charge in [-0.3, -0.25) is 9.89 Å². The Bertz CT molecular complexity index is 855. The number of H-pyrrole nitrogens is 2. The highest BCUT2D eigenvalue weighted by Crippen LogP contribution is 2.27. The molecule has 2 aromatic heterocycles. The van der Waals surface area contributed by atoms with Crippen molar-refractivity contribution in [3.63, 3.8) is 0 Å². The second-order valence-corrected chi connectivity index (χ2v) is 6.50. The van der Waals surface area contributed by atoms with Crippen LogP contribution in [0.2, 0.25) is 0 Å². The number of aromatic amines is 2. The van der Waals surface area contributed by atoms with Crippen LogP contribution < -0.4 is 10.1 Å². The number of nitrogens with one attached hydrogen (secondary N) is 3. The van der Waals surface area contributed by atoms with Crippen LogP contribution in [0.5, 0.6) is 5.75 Å². The van der Waals surface area contributed by atoms with Gasteiger partial charge in [-0.1, -0.05) is 26.8 Å². The summed E-state index contributed by atoms with van der Waals surface area (Å²) in [6.07, 6.45) is 1.51. The number of ether oxygens (including phenoxy) is 1. The van der Waals surface area contributed by atoms with Gasteiger partial charge in [0.2, 0.25) is 0 Å². The number of benzene rings is 1. The maximum Gasteiger partial charge on any atom is 0.273 e. The van der Waals surface area contributed by atoms with Gasteiger partial charge >= 0.3 is 0 Å². The molecule has 2 heterocycles. The molecule has 0 spiro atoms. The minimum Gasteiger partial charge on any atom is -0.491 e. The van der Waals surface area contributed by atoms with E-state index in [1.165, 1.54) is 18.9 Å². The van der Waals surface area contributed by atoms with Crippen molar-refractivity contribution in [1.82, 2.24) is 15.2 Å². The van der Waals surface area contributed by atoms with Gasteiger partial charge in [0.25, 0.3) is 5.91 Å². The lowest BCUT2D eigenvalue weighted by Crippen LogP contribution is -2.13. The van der Waals surface area contributed by atoms with Crippen LogP contribution in [0.3, 0.4) is 0 Å². The van der Waals surface area contributed by atoms with E-state index in [2.05, 4.69) is 53.4 Å². The van der Waals surface area contributed by atoms with E-state index in [1.807, 2.05) is 12.1 Å². The van der Waals surface area contributed by atoms with Crippen LogP contribution in [-0.4, -0.2) is 28.2 Å². The summed E-state index contributed by atoms with van der Waals surface area (Å²) in [5.41, 5.74) is 2.71. The van der Waals surface area contributed by atoms with E-state index in [-0.39, 0.29) is 11.3 Å². The van der Waals surface area contributed by atoms with Gasteiger partial charge in [-0.05, 0) is 29.2 Å². The van der Waals surface area contributed by atoms with E-state index in [1.54, 1.807) is 0 Å². The van der Waals surface area contributed by atoms with Gasteiger partial charge in [0.15, 0.2) is 11.6 Å². The molecule has 0 aliphatic rings. The Labute approximate surface area is 134 Å². The van der Waals surface area contributed by atoms with E-state index < -0.39 is 0 Å². The van der Waals surface area contributed by atoms with Gasteiger partial charge in [0.1, 0.15) is 5.69 Å². The van der Waals surface area contributed by atoms with Crippen LogP contribution >= 0.6 is 0 Å². The van der Waals surface area contributed by atoms with Crippen molar-refractivity contribution in [2.75, 3.05) is 12.4 Å². The highest BCUT2D eigenvalue weighted by Gasteiger charge is 2.17. The van der Waals surface area contributed by atoms with Gasteiger partial charge in [0.05, 0.1) is 13.3 Å². The molecule has 0 aliphatic heterocycles. The molecule has 1 amide bonds. The van der Waals surface area contributed by atoms with Gasteiger partial charge < -0.3 is 15.0 Å². The first-order valence-electron chi connectivity index (χ1n) is 7.40. The van der Waals surface area contributed by atoms with E-state index >= 15 is 0 Å². The highest BCUT2D eigenvalue weighted by atomic mass is 16.5. The van der Waals surface area contributed by atoms with Gasteiger partial charge in [-0.2, -0.15) is 5.10 Å². The topological polar surface area (TPSA) is 82.8 Å². The third kappa shape index (κ3) is 2.92. The van der Waals surface area contributed by atoms with Crippen molar-refractivity contribution < 1.29 is 9.53 Å². The maximum absolute atomic E-state index is 12.4. The van der Waals surface area contributed by atoms with E-state index in [0.717, 1.165) is 10.9 Å². The molecule has 6 heteroatoms. The lowest BCUT2D eigenvalue weighted by molar-refractivity contribution is 0.102. The molecule has 0 fully saturated rings. The van der Waals surface area contributed by atoms with E-state index in [4.69, 9.17) is 4.74 Å². The van der Waals surface area contributed by atoms with Crippen LogP contribution in [0.4, 0.5) is 5.82 Å². The SMILES string of the molecule is COc1cn[nH]c1NC(=O)c1cc2cc(C(C)(C)C)ccc2[nH]1. The molecule has 0 saturated carbocycles. The average Bonchev–Trinajstić information content (AvgIpc) is 3.11. The first-order chi connectivity index (χ1) is 10.9. The zero-order valence-corrected chi connectivity index (χ0v) is 13.7. The lowest BCUT2D eigenvalue weighted by atomic mass is 9.86. The fourth-order valence-corrected chi connectivity index (χ4v) is 2.42. The fourth-order valence-electron chi connectivity index (χ4n) is 2.42. The van der Waals surface area contributed by atoms with Crippen molar-refractivity contribution >= 4 is 22.6 Å². The van der Waals surface area contributed by atoms with Crippen LogP contribution in [0.15, 0.2) is 30.5 Å². The number of nitrogens with zero attached hydrogens (tertiary/aromatic N) is 1. The largest absolute Gasteiger partial charge is 0.491 e. The van der Waals surface area contributed by atoms with Crippen LogP contribution in [0, 0.1) is 0 Å². The number of carbonyl (C=O) groups is 1. The van der Waals surface area contributed by atoms with Gasteiger partial charge in [-0.25, -0.2) is 0 Å². The summed E-state index contributed by atoms with van der Waals surface area (Å²) >= 11 is 0. The number of aromatic nitrogens is 3. The average molecular weight is 312 g/mol. The molecule has 120 valence electrons. The summed E-state index contributed by atoms with van der Waals surface area (Å²) in [6, 6.07) is 8.05. The molecule has 3 aromatic rings. The minimum atomic E-state index is -0.249. The smallest absolute Gasteiger partial charge is 0.273 e. The lowest BCUT2D eigenvalue weighted by Gasteiger charge is -2.18. The summed E-state index contributed by atoms with van der Waals surface area (Å²) < 4.78 is 5.12. The molecule has 0 atom stereocenters. The number of rotatable bonds is 3. The molecule has 0 saturated heterocycles. The third-order valence-corrected chi connectivity index (χ3v) is 3.79. The number of fused-ring (bicyclic) bond motifs is 1. The van der Waals surface area contributed by atoms with Gasteiger partial charge in [-0.15, -0.1) is 0 Å². The Morgan fingerprint density at radius 1 is 1.26 bits per heavy atom. The molecule has 3 N–H and O–H groups in total. The standard InChI is InChI=1S/C17H20N4O2/c1-17(2,3)11-5-6-12-10(7-11)8-13(19-12)16(22)20-15-14(23-4)9-18-21-15/h5-9,19H,1-4H3,(H2,18,20,21,22). The second kappa shape index (κ2) is 5.46. The molecule has 6 nitrogen and oxygen atoms in total. The van der Waals surface area contributed by atoms with Crippen molar-refractivity contribution in [1.29, 1.82) is 0 Å². The molecule has 23 heavy (non-hydrogen) atoms. The third-order valence-electron chi connectivity index (χ3n) is 3.79. The molecular formula is C17H20N4O2. The van der Waals surface area contributed by atoms with Gasteiger partial charge in [0, 0.05) is 10.9 Å². The normalized spacial score (nSPS) is 11.7. The monoisotopic (exact) mass is 312 g/mol. The Hall–Kier alpha value is -2.76. The summed E-state index contributed by atoms with van der Waals surface area (Å²) in [5.74, 6) is 0.678. The first-order valence-corrected chi connectivity index (χ1v) is 7.40. The molecule has 0 bridgehead atoms. The number of methoxy groups -OCH3 is 1. The Kier molecular flexibility index (Phi) is 3.60. The maximum atomic E-state index is 12.4. The van der Waals surface area contributed by atoms with Crippen LogP contribution in [0.1, 0.15) is 36.8 Å². The predicted molar refractivity (Wildman–Crippen MR) is 90.1 cm³/mol. The Morgan fingerprint density at radius 3 is 2.74 bits per heavy atom. The molecular weight excluding hydrogens is 292 g/mol. The summed E-state index contributed by atoms with van der Waals surface area (Å²) in [4.78, 5) is 15.5. The number of carbonyl (C=O) groups excluding carboxylic acids is 1. The quantitative estimate of drug-likeness (QED) is 0.692. The van der Waals surface area contributed by atoms with Crippen molar-refractivity contribution in [2.24, 2.45) is 0 Å². The Balaban J connectivity index is 1.89. The zero-order chi connectivity index (χ0) is 16.6. The molecule has 3 rings (SSSR count). The second-order valence-electron chi connectivity index (χ2n) is 6.50. The van der Waals surface area contributed by atoms with Crippen LogP contribution in [0.25, 0.3) is 10.9 Å². The molecule has 1 aromatic carbocycles. The number of anilines is 1.